The van der Waals surface area contributed by atoms with Crippen molar-refractivity contribution in [2.45, 2.75) is 59.3 Å². The first kappa shape index (κ1) is 24.8. The molecule has 0 aromatic heterocycles. The summed E-state index contributed by atoms with van der Waals surface area (Å²) in [6.07, 6.45) is 8.09. The van der Waals surface area contributed by atoms with Crippen LogP contribution >= 0.6 is 0 Å². The largest absolute Gasteiger partial charge is 0.303 e. The van der Waals surface area contributed by atoms with Crippen LogP contribution in [-0.4, -0.2) is 40.8 Å². The van der Waals surface area contributed by atoms with Crippen molar-refractivity contribution in [1.82, 2.24) is 4.90 Å². The summed E-state index contributed by atoms with van der Waals surface area (Å²) < 4.78 is 1.48. The lowest BCUT2D eigenvalue weighted by Crippen LogP contribution is -2.27. The number of hydrogen-bond acceptors (Lipinski definition) is 1. The van der Waals surface area contributed by atoms with Gasteiger partial charge in [0.2, 0.25) is 0 Å². The summed E-state index contributed by atoms with van der Waals surface area (Å²) in [5.41, 5.74) is 0. The third-order valence-corrected chi connectivity index (χ3v) is 7.25. The molecule has 32 heavy (non-hydrogen) atoms. The monoisotopic (exact) mass is 441 g/mol. The minimum absolute atomic E-state index is 1.09. The van der Waals surface area contributed by atoms with Gasteiger partial charge >= 0.3 is 0 Å². The SMILES string of the molecule is CCCCN(CCCC)CCCC.[AlH2][c]1cccc2ccc3cc4ccccc4cc3c12. The third-order valence-electron chi connectivity index (χ3n) is 6.42. The van der Waals surface area contributed by atoms with Gasteiger partial charge in [-0.25, -0.2) is 0 Å². The predicted molar refractivity (Wildman–Crippen MR) is 148 cm³/mol. The second kappa shape index (κ2) is 13.0. The van der Waals surface area contributed by atoms with Gasteiger partial charge in [0.15, 0.2) is 0 Å². The van der Waals surface area contributed by atoms with E-state index in [1.54, 1.807) is 0 Å². The average Bonchev–Trinajstić information content (AvgIpc) is 2.82. The zero-order valence-electron chi connectivity index (χ0n) is 20.7. The van der Waals surface area contributed by atoms with Crippen molar-refractivity contribution in [2.24, 2.45) is 0 Å². The van der Waals surface area contributed by atoms with E-state index in [-0.39, 0.29) is 0 Å². The van der Waals surface area contributed by atoms with Crippen molar-refractivity contribution in [1.29, 1.82) is 0 Å². The van der Waals surface area contributed by atoms with Crippen molar-refractivity contribution in [3.05, 3.63) is 66.7 Å². The fourth-order valence-corrected chi connectivity index (χ4v) is 5.22. The van der Waals surface area contributed by atoms with Crippen LogP contribution in [0.1, 0.15) is 59.3 Å². The summed E-state index contributed by atoms with van der Waals surface area (Å²) in [6, 6.07) is 24.4. The van der Waals surface area contributed by atoms with E-state index in [1.165, 1.54) is 94.9 Å². The standard InChI is InChI=1S/C18H11.C12H27N.Al.2H/c1-2-7-15-12-18-16(11-14(15)6-1)10-9-13-5-3-4-8-17(13)18;1-4-7-10-13(11-8-5-2)12-9-6-3;;;/h1-7,9-12H;4-12H2,1-3H3;;;. The molecule has 0 amide bonds. The molecule has 0 aliphatic heterocycles. The number of rotatable bonds is 9. The van der Waals surface area contributed by atoms with E-state index >= 15 is 0 Å². The van der Waals surface area contributed by atoms with E-state index < -0.39 is 0 Å². The van der Waals surface area contributed by atoms with Crippen LogP contribution in [0.2, 0.25) is 0 Å². The smallest absolute Gasteiger partial charge is 0.259 e. The highest BCUT2D eigenvalue weighted by Crippen LogP contribution is 2.28. The lowest BCUT2D eigenvalue weighted by molar-refractivity contribution is 0.261. The van der Waals surface area contributed by atoms with Crippen molar-refractivity contribution in [3.63, 3.8) is 0 Å². The van der Waals surface area contributed by atoms with Gasteiger partial charge in [-0.1, -0.05) is 94.6 Å². The Morgan fingerprint density at radius 3 is 1.72 bits per heavy atom. The number of nitrogens with zero attached hydrogens (tertiary/aromatic N) is 1. The summed E-state index contributed by atoms with van der Waals surface area (Å²) in [6.45, 7) is 10.8. The molecule has 1 nitrogen and oxygen atoms in total. The molecular formula is C30H40AlN. The van der Waals surface area contributed by atoms with Crippen molar-refractivity contribution < 1.29 is 0 Å². The van der Waals surface area contributed by atoms with E-state index in [4.69, 9.17) is 0 Å². The number of fused-ring (bicyclic) bond motifs is 4. The normalized spacial score (nSPS) is 11.2. The molecule has 0 radical (unpaired) electrons. The highest BCUT2D eigenvalue weighted by Gasteiger charge is 2.04. The molecule has 0 saturated carbocycles. The summed E-state index contributed by atoms with van der Waals surface area (Å²) in [7, 11) is 0. The van der Waals surface area contributed by atoms with E-state index in [9.17, 15) is 0 Å². The van der Waals surface area contributed by atoms with Gasteiger partial charge in [0.05, 0.1) is 0 Å². The topological polar surface area (TPSA) is 3.24 Å². The summed E-state index contributed by atoms with van der Waals surface area (Å²) >= 11 is 1.09. The van der Waals surface area contributed by atoms with Crippen LogP contribution < -0.4 is 4.43 Å². The van der Waals surface area contributed by atoms with Crippen LogP contribution in [0.25, 0.3) is 32.3 Å². The van der Waals surface area contributed by atoms with Crippen molar-refractivity contribution in [3.8, 4) is 0 Å². The molecular weight excluding hydrogens is 401 g/mol. The second-order valence-electron chi connectivity index (χ2n) is 9.06. The van der Waals surface area contributed by atoms with Crippen molar-refractivity contribution in [2.75, 3.05) is 19.6 Å². The highest BCUT2D eigenvalue weighted by atomic mass is 27.0. The molecule has 0 bridgehead atoms. The van der Waals surface area contributed by atoms with Crippen LogP contribution in [0.15, 0.2) is 66.7 Å². The maximum Gasteiger partial charge on any atom is 0.259 e. The Kier molecular flexibility index (Phi) is 10.1. The van der Waals surface area contributed by atoms with Gasteiger partial charge < -0.3 is 4.90 Å². The maximum absolute atomic E-state index is 2.64. The van der Waals surface area contributed by atoms with Gasteiger partial charge in [0.25, 0.3) is 16.3 Å². The molecule has 168 valence electrons. The molecule has 0 fully saturated rings. The number of hydrogen-bond donors (Lipinski definition) is 0. The molecule has 4 aromatic rings. The lowest BCUT2D eigenvalue weighted by Gasteiger charge is -2.21. The van der Waals surface area contributed by atoms with Crippen LogP contribution in [-0.2, 0) is 0 Å². The second-order valence-corrected chi connectivity index (χ2v) is 10.1. The zero-order chi connectivity index (χ0) is 22.8. The molecule has 0 unspecified atom stereocenters. The Morgan fingerprint density at radius 1 is 0.594 bits per heavy atom. The first-order valence-electron chi connectivity index (χ1n) is 12.7. The molecule has 0 aliphatic carbocycles. The summed E-state index contributed by atoms with van der Waals surface area (Å²) in [5.74, 6) is 0. The molecule has 4 aromatic carbocycles. The molecule has 0 heterocycles. The molecule has 0 atom stereocenters. The fourth-order valence-electron chi connectivity index (χ4n) is 4.47. The van der Waals surface area contributed by atoms with Crippen LogP contribution in [0.4, 0.5) is 0 Å². The number of benzene rings is 4. The van der Waals surface area contributed by atoms with Gasteiger partial charge in [0.1, 0.15) is 0 Å². The Bertz CT molecular complexity index is 1100. The molecule has 0 N–H and O–H groups in total. The van der Waals surface area contributed by atoms with Gasteiger partial charge in [0, 0.05) is 0 Å². The van der Waals surface area contributed by atoms with E-state index in [0.717, 1.165) is 16.3 Å². The number of unbranched alkanes of at least 4 members (excludes halogenated alkanes) is 3. The first-order valence-corrected chi connectivity index (χ1v) is 13.7. The van der Waals surface area contributed by atoms with E-state index in [1.807, 2.05) is 0 Å². The Morgan fingerprint density at radius 2 is 1.12 bits per heavy atom. The maximum atomic E-state index is 2.64. The minimum atomic E-state index is 1.09. The predicted octanol–water partition coefficient (Wildman–Crippen LogP) is 7.09. The van der Waals surface area contributed by atoms with Crippen LogP contribution in [0.5, 0.6) is 0 Å². The average molecular weight is 442 g/mol. The zero-order valence-corrected chi connectivity index (χ0v) is 22.7. The first-order chi connectivity index (χ1) is 15.7. The highest BCUT2D eigenvalue weighted by molar-refractivity contribution is 6.41. The molecule has 0 aliphatic rings. The van der Waals surface area contributed by atoms with Gasteiger partial charge in [-0.15, -0.1) is 4.43 Å². The van der Waals surface area contributed by atoms with Gasteiger partial charge in [-0.3, -0.25) is 0 Å². The Hall–Kier alpha value is -1.85. The molecule has 4 rings (SSSR count). The van der Waals surface area contributed by atoms with Crippen LogP contribution in [0.3, 0.4) is 0 Å². The molecule has 2 heteroatoms. The van der Waals surface area contributed by atoms with Crippen molar-refractivity contribution >= 4 is 53.0 Å². The Balaban J connectivity index is 0.000000198. The summed E-state index contributed by atoms with van der Waals surface area (Å²) in [4.78, 5) is 2.64. The summed E-state index contributed by atoms with van der Waals surface area (Å²) in [5, 5.41) is 8.18. The van der Waals surface area contributed by atoms with Crippen LogP contribution in [0, 0.1) is 0 Å². The van der Waals surface area contributed by atoms with E-state index in [0.29, 0.717) is 0 Å². The molecule has 0 spiro atoms. The third kappa shape index (κ3) is 6.58. The lowest BCUT2D eigenvalue weighted by atomic mass is 9.98. The van der Waals surface area contributed by atoms with E-state index in [2.05, 4.69) is 92.4 Å². The van der Waals surface area contributed by atoms with Gasteiger partial charge in [-0.05, 0) is 83.3 Å². The fraction of sp³-hybridized carbons (Fsp3) is 0.400. The quantitative estimate of drug-likeness (QED) is 0.152. The van der Waals surface area contributed by atoms with Gasteiger partial charge in [-0.2, -0.15) is 0 Å². The Labute approximate surface area is 203 Å². The minimum Gasteiger partial charge on any atom is -0.303 e. The molecule has 0 saturated heterocycles.